The first-order chi connectivity index (χ1) is 9.83. The monoisotopic (exact) mass is 304 g/mol. The summed E-state index contributed by atoms with van der Waals surface area (Å²) in [5.41, 5.74) is 3.01. The van der Waals surface area contributed by atoms with E-state index in [1.807, 2.05) is 30.0 Å². The number of nitrogens with zero attached hydrogens (tertiary/aromatic N) is 3. The van der Waals surface area contributed by atoms with Gasteiger partial charge in [-0.05, 0) is 18.2 Å². The topological polar surface area (TPSA) is 44.8 Å². The smallest absolute Gasteiger partial charge is 0.156 e. The van der Waals surface area contributed by atoms with Crippen molar-refractivity contribution in [2.45, 2.75) is 0 Å². The van der Waals surface area contributed by atoms with E-state index in [0.717, 1.165) is 57.4 Å². The Morgan fingerprint density at radius 3 is 2.90 bits per heavy atom. The van der Waals surface area contributed by atoms with Gasteiger partial charge in [-0.2, -0.15) is 11.8 Å². The molecule has 6 heteroatoms. The van der Waals surface area contributed by atoms with Gasteiger partial charge in [-0.1, -0.05) is 11.6 Å². The van der Waals surface area contributed by atoms with Crippen LogP contribution >= 0.6 is 23.4 Å². The molecule has 4 nitrogen and oxygen atoms in total. The first kappa shape index (κ1) is 12.3. The number of hydrogen-bond acceptors (Lipinski definition) is 4. The van der Waals surface area contributed by atoms with E-state index in [9.17, 15) is 0 Å². The highest BCUT2D eigenvalue weighted by Gasteiger charge is 2.18. The summed E-state index contributed by atoms with van der Waals surface area (Å²) in [7, 11) is 0. The Kier molecular flexibility index (Phi) is 2.97. The van der Waals surface area contributed by atoms with Crippen molar-refractivity contribution in [2.75, 3.05) is 29.5 Å². The van der Waals surface area contributed by atoms with E-state index < -0.39 is 0 Å². The zero-order valence-corrected chi connectivity index (χ0v) is 12.3. The molecule has 1 N–H and O–H groups in total. The number of rotatable bonds is 1. The highest BCUT2D eigenvalue weighted by Crippen LogP contribution is 2.31. The van der Waals surface area contributed by atoms with Gasteiger partial charge in [-0.15, -0.1) is 0 Å². The average molecular weight is 305 g/mol. The maximum atomic E-state index is 6.09. The molecule has 1 aromatic carbocycles. The SMILES string of the molecule is Clc1ccc2[nH]c3c(N4CCSCC4)ncnc3c2c1. The second-order valence-electron chi connectivity index (χ2n) is 4.84. The molecule has 3 aromatic rings. The van der Waals surface area contributed by atoms with E-state index >= 15 is 0 Å². The third kappa shape index (κ3) is 1.93. The van der Waals surface area contributed by atoms with Crippen LogP contribution in [0.2, 0.25) is 5.02 Å². The molecule has 4 rings (SSSR count). The molecular weight excluding hydrogens is 292 g/mol. The number of halogens is 1. The Bertz CT molecular complexity index is 779. The molecule has 3 heterocycles. The standard InChI is InChI=1S/C14H13ClN4S/c15-9-1-2-11-10(7-9)12-13(18-11)14(17-8-16-12)19-3-5-20-6-4-19/h1-2,7-8,18H,3-6H2. The number of thioether (sulfide) groups is 1. The van der Waals surface area contributed by atoms with Crippen LogP contribution < -0.4 is 4.90 Å². The van der Waals surface area contributed by atoms with Gasteiger partial charge in [-0.25, -0.2) is 9.97 Å². The largest absolute Gasteiger partial charge is 0.353 e. The lowest BCUT2D eigenvalue weighted by atomic mass is 10.2. The first-order valence-corrected chi connectivity index (χ1v) is 8.11. The predicted molar refractivity (Wildman–Crippen MR) is 85.9 cm³/mol. The van der Waals surface area contributed by atoms with Gasteiger partial charge in [0.1, 0.15) is 17.4 Å². The molecule has 0 radical (unpaired) electrons. The van der Waals surface area contributed by atoms with E-state index in [1.54, 1.807) is 6.33 Å². The lowest BCUT2D eigenvalue weighted by Gasteiger charge is -2.27. The molecule has 1 saturated heterocycles. The summed E-state index contributed by atoms with van der Waals surface area (Å²) >= 11 is 8.09. The van der Waals surface area contributed by atoms with Crippen LogP contribution in [0.5, 0.6) is 0 Å². The summed E-state index contributed by atoms with van der Waals surface area (Å²) in [5, 5.41) is 1.79. The van der Waals surface area contributed by atoms with Crippen molar-refractivity contribution in [2.24, 2.45) is 0 Å². The van der Waals surface area contributed by atoms with Crippen molar-refractivity contribution < 1.29 is 0 Å². The molecule has 0 bridgehead atoms. The molecule has 0 aliphatic carbocycles. The van der Waals surface area contributed by atoms with E-state index in [0.29, 0.717) is 0 Å². The molecule has 0 saturated carbocycles. The molecule has 1 fully saturated rings. The number of nitrogens with one attached hydrogen (secondary N) is 1. The van der Waals surface area contributed by atoms with Crippen LogP contribution in [0.15, 0.2) is 24.5 Å². The third-order valence-corrected chi connectivity index (χ3v) is 4.81. The highest BCUT2D eigenvalue weighted by molar-refractivity contribution is 7.99. The molecule has 2 aromatic heterocycles. The Morgan fingerprint density at radius 2 is 2.05 bits per heavy atom. The maximum absolute atomic E-state index is 6.09. The fraction of sp³-hybridized carbons (Fsp3) is 0.286. The Balaban J connectivity index is 1.95. The van der Waals surface area contributed by atoms with Crippen molar-refractivity contribution in [3.05, 3.63) is 29.5 Å². The lowest BCUT2D eigenvalue weighted by Crippen LogP contribution is -2.33. The van der Waals surface area contributed by atoms with Crippen LogP contribution in [0, 0.1) is 0 Å². The van der Waals surface area contributed by atoms with Gasteiger partial charge in [0.15, 0.2) is 5.82 Å². The highest BCUT2D eigenvalue weighted by atomic mass is 35.5. The second-order valence-corrected chi connectivity index (χ2v) is 6.50. The average Bonchev–Trinajstić information content (AvgIpc) is 2.86. The molecule has 1 aliphatic heterocycles. The predicted octanol–water partition coefficient (Wildman–Crippen LogP) is 3.32. The normalized spacial score (nSPS) is 16.1. The van der Waals surface area contributed by atoms with E-state index in [2.05, 4.69) is 19.9 Å². The molecule has 0 spiro atoms. The molecule has 0 unspecified atom stereocenters. The van der Waals surface area contributed by atoms with Gasteiger partial charge in [0.25, 0.3) is 0 Å². The van der Waals surface area contributed by atoms with Crippen LogP contribution in [-0.2, 0) is 0 Å². The van der Waals surface area contributed by atoms with Gasteiger partial charge < -0.3 is 9.88 Å². The maximum Gasteiger partial charge on any atom is 0.156 e. The van der Waals surface area contributed by atoms with Crippen LogP contribution in [0.4, 0.5) is 5.82 Å². The first-order valence-electron chi connectivity index (χ1n) is 6.57. The van der Waals surface area contributed by atoms with E-state index in [4.69, 9.17) is 11.6 Å². The molecule has 20 heavy (non-hydrogen) atoms. The van der Waals surface area contributed by atoms with Gasteiger partial charge in [0, 0.05) is 40.5 Å². The quantitative estimate of drug-likeness (QED) is 0.749. The van der Waals surface area contributed by atoms with Gasteiger partial charge >= 0.3 is 0 Å². The molecule has 102 valence electrons. The zero-order valence-electron chi connectivity index (χ0n) is 10.8. The number of aromatic amines is 1. The van der Waals surface area contributed by atoms with E-state index in [-0.39, 0.29) is 0 Å². The second kappa shape index (κ2) is 4.82. The minimum atomic E-state index is 0.730. The fourth-order valence-electron chi connectivity index (χ4n) is 2.67. The van der Waals surface area contributed by atoms with Crippen molar-refractivity contribution >= 4 is 51.1 Å². The van der Waals surface area contributed by atoms with E-state index in [1.165, 1.54) is 0 Å². The Hall–Kier alpha value is -1.46. The van der Waals surface area contributed by atoms with Gasteiger partial charge in [-0.3, -0.25) is 0 Å². The molecular formula is C14H13ClN4S. The number of benzene rings is 1. The Morgan fingerprint density at radius 1 is 1.20 bits per heavy atom. The van der Waals surface area contributed by atoms with Crippen molar-refractivity contribution in [3.63, 3.8) is 0 Å². The lowest BCUT2D eigenvalue weighted by molar-refractivity contribution is 0.841. The minimum absolute atomic E-state index is 0.730. The van der Waals surface area contributed by atoms with Crippen LogP contribution in [0.3, 0.4) is 0 Å². The van der Waals surface area contributed by atoms with Gasteiger partial charge in [0.2, 0.25) is 0 Å². The fourth-order valence-corrected chi connectivity index (χ4v) is 3.74. The summed E-state index contributed by atoms with van der Waals surface area (Å²) in [6.07, 6.45) is 1.65. The van der Waals surface area contributed by atoms with Crippen LogP contribution in [-0.4, -0.2) is 39.5 Å². The zero-order chi connectivity index (χ0) is 13.5. The number of H-pyrrole nitrogens is 1. The molecule has 0 amide bonds. The van der Waals surface area contributed by atoms with Crippen LogP contribution in [0.1, 0.15) is 0 Å². The summed E-state index contributed by atoms with van der Waals surface area (Å²) < 4.78 is 0. The van der Waals surface area contributed by atoms with Gasteiger partial charge in [0.05, 0.1) is 0 Å². The summed E-state index contributed by atoms with van der Waals surface area (Å²) in [6.45, 7) is 2.07. The van der Waals surface area contributed by atoms with Crippen LogP contribution in [0.25, 0.3) is 21.9 Å². The minimum Gasteiger partial charge on any atom is -0.353 e. The summed E-state index contributed by atoms with van der Waals surface area (Å²) in [4.78, 5) is 14.7. The van der Waals surface area contributed by atoms with Crippen molar-refractivity contribution in [1.29, 1.82) is 0 Å². The summed E-state index contributed by atoms with van der Waals surface area (Å²) in [5.74, 6) is 3.30. The number of hydrogen-bond donors (Lipinski definition) is 1. The van der Waals surface area contributed by atoms with Crippen molar-refractivity contribution in [3.8, 4) is 0 Å². The number of fused-ring (bicyclic) bond motifs is 3. The molecule has 1 aliphatic rings. The number of aromatic nitrogens is 3. The van der Waals surface area contributed by atoms with Crippen molar-refractivity contribution in [1.82, 2.24) is 15.0 Å². The Labute approximate surface area is 125 Å². The third-order valence-electron chi connectivity index (χ3n) is 3.63. The number of anilines is 1. The summed E-state index contributed by atoms with van der Waals surface area (Å²) in [6, 6.07) is 5.84. The molecule has 0 atom stereocenters.